The number of nitrogens with one attached hydrogen (secondary N) is 1. The molecule has 5 nitrogen and oxygen atoms in total. The third kappa shape index (κ3) is 5.24. The van der Waals surface area contributed by atoms with Gasteiger partial charge in [0.05, 0.1) is 16.6 Å². The molecule has 7 heteroatoms. The van der Waals surface area contributed by atoms with Crippen LogP contribution in [0.2, 0.25) is 0 Å². The van der Waals surface area contributed by atoms with Crippen molar-refractivity contribution in [1.82, 2.24) is 5.32 Å². The van der Waals surface area contributed by atoms with Crippen molar-refractivity contribution in [3.63, 3.8) is 0 Å². The summed E-state index contributed by atoms with van der Waals surface area (Å²) < 4.78 is 13.6. The zero-order valence-electron chi connectivity index (χ0n) is 10.9. The van der Waals surface area contributed by atoms with Gasteiger partial charge >= 0.3 is 0 Å². The molecule has 0 aromatic heterocycles. The van der Waals surface area contributed by atoms with Crippen LogP contribution in [-0.2, 0) is 0 Å². The van der Waals surface area contributed by atoms with Gasteiger partial charge in [-0.2, -0.15) is 0 Å². The molecule has 0 aliphatic carbocycles. The number of benzene rings is 1. The van der Waals surface area contributed by atoms with Crippen LogP contribution in [0.25, 0.3) is 0 Å². The number of alkyl halides is 1. The van der Waals surface area contributed by atoms with Crippen LogP contribution in [0.5, 0.6) is 0 Å². The van der Waals surface area contributed by atoms with E-state index >= 15 is 0 Å². The van der Waals surface area contributed by atoms with Crippen molar-refractivity contribution in [2.75, 3.05) is 11.9 Å². The molecule has 1 aromatic carbocycles. The highest BCUT2D eigenvalue weighted by Gasteiger charge is 2.15. The summed E-state index contributed by atoms with van der Waals surface area (Å²) in [6, 6.07) is 3.01. The number of non-ortho nitro benzene ring substituents is 1. The Morgan fingerprint density at radius 3 is 2.60 bits per heavy atom. The molecule has 0 atom stereocenters. The van der Waals surface area contributed by atoms with Gasteiger partial charge in [-0.1, -0.05) is 28.8 Å². The van der Waals surface area contributed by atoms with E-state index in [1.807, 2.05) is 0 Å². The molecule has 1 N–H and O–H groups in total. The molecule has 0 spiro atoms. The Morgan fingerprint density at radius 2 is 2.00 bits per heavy atom. The summed E-state index contributed by atoms with van der Waals surface area (Å²) in [5, 5.41) is 14.0. The lowest BCUT2D eigenvalue weighted by Crippen LogP contribution is -2.25. The van der Waals surface area contributed by atoms with Crippen LogP contribution in [0, 0.1) is 15.9 Å². The largest absolute Gasteiger partial charge is 0.352 e. The number of nitro groups is 1. The fourth-order valence-electron chi connectivity index (χ4n) is 1.67. The highest BCUT2D eigenvalue weighted by Crippen LogP contribution is 2.16. The van der Waals surface area contributed by atoms with Gasteiger partial charge in [-0.15, -0.1) is 0 Å². The van der Waals surface area contributed by atoms with Gasteiger partial charge in [0.15, 0.2) is 0 Å². The first-order valence-electron chi connectivity index (χ1n) is 6.34. The minimum Gasteiger partial charge on any atom is -0.352 e. The lowest BCUT2D eigenvalue weighted by atomic mass is 10.1. The van der Waals surface area contributed by atoms with Crippen LogP contribution in [0.15, 0.2) is 18.2 Å². The normalized spacial score (nSPS) is 10.3. The summed E-state index contributed by atoms with van der Waals surface area (Å²) in [4.78, 5) is 21.5. The fraction of sp³-hybridized carbons (Fsp3) is 0.462. The number of carbonyl (C=O) groups is 1. The second-order valence-corrected chi connectivity index (χ2v) is 5.07. The first kappa shape index (κ1) is 16.6. The first-order chi connectivity index (χ1) is 9.56. The van der Waals surface area contributed by atoms with Crippen molar-refractivity contribution in [1.29, 1.82) is 0 Å². The Bertz CT molecular complexity index is 483. The molecular weight excluding hydrogens is 331 g/mol. The molecule has 0 radical (unpaired) electrons. The number of unbranched alkanes of at least 4 members (excludes halogenated alkanes) is 3. The molecular formula is C13H16BrFN2O3. The van der Waals surface area contributed by atoms with Crippen LogP contribution < -0.4 is 5.32 Å². The number of hydrogen-bond donors (Lipinski definition) is 1. The lowest BCUT2D eigenvalue weighted by molar-refractivity contribution is -0.385. The summed E-state index contributed by atoms with van der Waals surface area (Å²) in [5.74, 6) is -1.42. The van der Waals surface area contributed by atoms with E-state index in [1.165, 1.54) is 0 Å². The molecule has 1 amide bonds. The minimum atomic E-state index is -0.879. The fourth-order valence-corrected chi connectivity index (χ4v) is 2.07. The standard InChI is InChI=1S/C13H16BrFN2O3/c14-7-3-1-2-4-8-16-13(18)11-6-5-10(17(19)20)9-12(11)15/h5-6,9H,1-4,7-8H2,(H,16,18). The SMILES string of the molecule is O=C(NCCCCCCBr)c1ccc([N+](=O)[O-])cc1F. The van der Waals surface area contributed by atoms with Gasteiger partial charge < -0.3 is 5.32 Å². The van der Waals surface area contributed by atoms with Crippen LogP contribution in [0.3, 0.4) is 0 Å². The van der Waals surface area contributed by atoms with Gasteiger partial charge in [0, 0.05) is 17.9 Å². The Kier molecular flexibility index (Phi) is 7.14. The third-order valence-corrected chi connectivity index (χ3v) is 3.31. The van der Waals surface area contributed by atoms with Crippen LogP contribution >= 0.6 is 15.9 Å². The number of halogens is 2. The molecule has 0 unspecified atom stereocenters. The predicted octanol–water partition coefficient (Wildman–Crippen LogP) is 3.42. The van der Waals surface area contributed by atoms with Gasteiger partial charge in [-0.05, 0) is 18.9 Å². The van der Waals surface area contributed by atoms with Crippen molar-refractivity contribution in [2.45, 2.75) is 25.7 Å². The smallest absolute Gasteiger partial charge is 0.272 e. The molecule has 0 aliphatic rings. The van der Waals surface area contributed by atoms with Gasteiger partial charge in [-0.3, -0.25) is 14.9 Å². The van der Waals surface area contributed by atoms with E-state index in [0.717, 1.165) is 49.2 Å². The summed E-state index contributed by atoms with van der Waals surface area (Å²) in [5.41, 5.74) is -0.537. The number of rotatable bonds is 8. The summed E-state index contributed by atoms with van der Waals surface area (Å²) in [6.45, 7) is 0.470. The van der Waals surface area contributed by atoms with E-state index in [1.54, 1.807) is 0 Å². The van der Waals surface area contributed by atoms with Crippen LogP contribution in [0.1, 0.15) is 36.0 Å². The Morgan fingerprint density at radius 1 is 1.30 bits per heavy atom. The molecule has 0 heterocycles. The monoisotopic (exact) mass is 346 g/mol. The summed E-state index contributed by atoms with van der Waals surface area (Å²) >= 11 is 3.34. The van der Waals surface area contributed by atoms with E-state index < -0.39 is 16.6 Å². The Hall–Kier alpha value is -1.50. The van der Waals surface area contributed by atoms with Gasteiger partial charge in [0.2, 0.25) is 0 Å². The average Bonchev–Trinajstić information content (AvgIpc) is 2.42. The molecule has 0 saturated heterocycles. The summed E-state index contributed by atoms with van der Waals surface area (Å²) in [6.07, 6.45) is 3.99. The maximum Gasteiger partial charge on any atom is 0.272 e. The molecule has 1 rings (SSSR count). The van der Waals surface area contributed by atoms with Gasteiger partial charge in [0.25, 0.3) is 11.6 Å². The predicted molar refractivity (Wildman–Crippen MR) is 77.6 cm³/mol. The van der Waals surface area contributed by atoms with E-state index in [9.17, 15) is 19.3 Å². The minimum absolute atomic E-state index is 0.170. The van der Waals surface area contributed by atoms with Crippen LogP contribution in [0.4, 0.5) is 10.1 Å². The topological polar surface area (TPSA) is 72.2 Å². The maximum atomic E-state index is 13.6. The Balaban J connectivity index is 2.45. The number of amides is 1. The number of nitro benzene ring substituents is 1. The maximum absolute atomic E-state index is 13.6. The van der Waals surface area contributed by atoms with Gasteiger partial charge in [0.1, 0.15) is 5.82 Å². The highest BCUT2D eigenvalue weighted by atomic mass is 79.9. The van der Waals surface area contributed by atoms with E-state index in [4.69, 9.17) is 0 Å². The van der Waals surface area contributed by atoms with E-state index in [-0.39, 0.29) is 11.3 Å². The molecule has 1 aromatic rings. The second kappa shape index (κ2) is 8.63. The zero-order chi connectivity index (χ0) is 15.0. The second-order valence-electron chi connectivity index (χ2n) is 4.28. The quantitative estimate of drug-likeness (QED) is 0.339. The average molecular weight is 347 g/mol. The third-order valence-electron chi connectivity index (χ3n) is 2.75. The molecule has 0 fully saturated rings. The molecule has 20 heavy (non-hydrogen) atoms. The van der Waals surface area contributed by atoms with Crippen molar-refractivity contribution < 1.29 is 14.1 Å². The number of carbonyl (C=O) groups excluding carboxylic acids is 1. The van der Waals surface area contributed by atoms with E-state index in [2.05, 4.69) is 21.2 Å². The van der Waals surface area contributed by atoms with E-state index in [0.29, 0.717) is 6.54 Å². The van der Waals surface area contributed by atoms with Crippen LogP contribution in [-0.4, -0.2) is 22.7 Å². The number of hydrogen-bond acceptors (Lipinski definition) is 3. The van der Waals surface area contributed by atoms with Gasteiger partial charge in [-0.25, -0.2) is 4.39 Å². The Labute approximate surface area is 124 Å². The molecule has 0 saturated carbocycles. The molecule has 0 bridgehead atoms. The zero-order valence-corrected chi connectivity index (χ0v) is 12.5. The number of nitrogens with zero attached hydrogens (tertiary/aromatic N) is 1. The van der Waals surface area contributed by atoms with Crippen molar-refractivity contribution >= 4 is 27.5 Å². The summed E-state index contributed by atoms with van der Waals surface area (Å²) in [7, 11) is 0. The van der Waals surface area contributed by atoms with Crippen molar-refractivity contribution in [2.24, 2.45) is 0 Å². The lowest BCUT2D eigenvalue weighted by Gasteiger charge is -2.06. The van der Waals surface area contributed by atoms with Crippen molar-refractivity contribution in [3.8, 4) is 0 Å². The van der Waals surface area contributed by atoms with Crippen molar-refractivity contribution in [3.05, 3.63) is 39.7 Å². The highest BCUT2D eigenvalue weighted by molar-refractivity contribution is 9.09. The molecule has 0 aliphatic heterocycles. The first-order valence-corrected chi connectivity index (χ1v) is 7.46. The molecule has 110 valence electrons.